The number of hydrogen-bond acceptors (Lipinski definition) is 4. The highest BCUT2D eigenvalue weighted by molar-refractivity contribution is 5.92. The molecule has 0 aliphatic heterocycles. The Bertz CT molecular complexity index is 550. The number of nitrogens with zero attached hydrogens (tertiary/aromatic N) is 1. The molecule has 21 heavy (non-hydrogen) atoms. The Balaban J connectivity index is 2.70. The monoisotopic (exact) mass is 292 g/mol. The summed E-state index contributed by atoms with van der Waals surface area (Å²) in [6, 6.07) is 6.16. The fourth-order valence-corrected chi connectivity index (χ4v) is 1.49. The van der Waals surface area contributed by atoms with Crippen molar-refractivity contribution in [1.82, 2.24) is 5.32 Å². The Labute approximate surface area is 123 Å². The molecule has 0 aliphatic carbocycles. The molecular formula is C15H20N2O4. The van der Waals surface area contributed by atoms with Crippen LogP contribution in [0.2, 0.25) is 0 Å². The molecule has 0 saturated carbocycles. The van der Waals surface area contributed by atoms with E-state index in [1.807, 2.05) is 13.8 Å². The Morgan fingerprint density at radius 1 is 1.48 bits per heavy atom. The van der Waals surface area contributed by atoms with Crippen molar-refractivity contribution in [3.8, 4) is 0 Å². The van der Waals surface area contributed by atoms with E-state index in [1.54, 1.807) is 25.1 Å². The third-order valence-corrected chi connectivity index (χ3v) is 3.41. The van der Waals surface area contributed by atoms with Crippen LogP contribution < -0.4 is 5.32 Å². The van der Waals surface area contributed by atoms with E-state index < -0.39 is 16.4 Å². The molecule has 0 aromatic heterocycles. The van der Waals surface area contributed by atoms with Gasteiger partial charge in [0.05, 0.1) is 16.1 Å². The van der Waals surface area contributed by atoms with Crippen molar-refractivity contribution < 1.29 is 14.8 Å². The van der Waals surface area contributed by atoms with Gasteiger partial charge in [-0.25, -0.2) is 0 Å². The Kier molecular flexibility index (Phi) is 5.60. The molecule has 1 atom stereocenters. The predicted molar refractivity (Wildman–Crippen MR) is 80.6 cm³/mol. The van der Waals surface area contributed by atoms with Crippen LogP contribution in [0.5, 0.6) is 0 Å². The lowest BCUT2D eigenvalue weighted by molar-refractivity contribution is -0.385. The van der Waals surface area contributed by atoms with Gasteiger partial charge in [0.2, 0.25) is 5.91 Å². The first-order chi connectivity index (χ1) is 9.74. The van der Waals surface area contributed by atoms with Gasteiger partial charge in [-0.05, 0) is 25.0 Å². The van der Waals surface area contributed by atoms with Gasteiger partial charge < -0.3 is 10.4 Å². The molecule has 0 heterocycles. The van der Waals surface area contributed by atoms with Gasteiger partial charge in [0.25, 0.3) is 5.69 Å². The number of carbonyl (C=O) groups is 1. The quantitative estimate of drug-likeness (QED) is 0.477. The first-order valence-electron chi connectivity index (χ1n) is 6.66. The fourth-order valence-electron chi connectivity index (χ4n) is 1.49. The van der Waals surface area contributed by atoms with Crippen LogP contribution in [-0.2, 0) is 4.79 Å². The van der Waals surface area contributed by atoms with E-state index in [2.05, 4.69) is 5.32 Å². The Morgan fingerprint density at radius 2 is 2.10 bits per heavy atom. The van der Waals surface area contributed by atoms with Crippen molar-refractivity contribution in [2.75, 3.05) is 6.54 Å². The molecule has 6 heteroatoms. The van der Waals surface area contributed by atoms with Gasteiger partial charge in [-0.1, -0.05) is 26.0 Å². The van der Waals surface area contributed by atoms with Crippen LogP contribution in [0, 0.1) is 16.0 Å². The van der Waals surface area contributed by atoms with E-state index in [9.17, 15) is 20.0 Å². The van der Waals surface area contributed by atoms with E-state index >= 15 is 0 Å². The number of nitro groups is 1. The van der Waals surface area contributed by atoms with Crippen molar-refractivity contribution in [3.63, 3.8) is 0 Å². The number of nitro benzene ring substituents is 1. The highest BCUT2D eigenvalue weighted by atomic mass is 16.6. The van der Waals surface area contributed by atoms with Crippen molar-refractivity contribution in [3.05, 3.63) is 46.0 Å². The molecule has 0 spiro atoms. The van der Waals surface area contributed by atoms with E-state index in [0.717, 1.165) is 0 Å². The second kappa shape index (κ2) is 6.99. The minimum Gasteiger partial charge on any atom is -0.388 e. The number of nitrogens with one attached hydrogen (secondary N) is 1. The second-order valence-corrected chi connectivity index (χ2v) is 5.38. The average Bonchev–Trinajstić information content (AvgIpc) is 2.43. The molecule has 0 fully saturated rings. The summed E-state index contributed by atoms with van der Waals surface area (Å²) in [6.07, 6.45) is 2.61. The van der Waals surface area contributed by atoms with Crippen LogP contribution in [-0.4, -0.2) is 28.1 Å². The van der Waals surface area contributed by atoms with Gasteiger partial charge in [0.15, 0.2) is 0 Å². The normalized spacial score (nSPS) is 14.1. The summed E-state index contributed by atoms with van der Waals surface area (Å²) in [7, 11) is 0. The first kappa shape index (κ1) is 16.8. The van der Waals surface area contributed by atoms with E-state index in [4.69, 9.17) is 0 Å². The molecular weight excluding hydrogens is 272 g/mol. The van der Waals surface area contributed by atoms with Gasteiger partial charge in [0, 0.05) is 18.7 Å². The molecule has 114 valence electrons. The number of aliphatic hydroxyl groups is 1. The topological polar surface area (TPSA) is 92.5 Å². The number of rotatable bonds is 6. The standard InChI is InChI=1S/C15H20N2O4/c1-11(2)15(3,19)10-16-14(18)9-8-12-6-4-5-7-13(12)17(20)21/h4-9,11,19H,10H2,1-3H3,(H,16,18)/b9-8-/t15-/m1/s1. The molecule has 0 aliphatic rings. The average molecular weight is 292 g/mol. The first-order valence-corrected chi connectivity index (χ1v) is 6.66. The highest BCUT2D eigenvalue weighted by Gasteiger charge is 2.24. The minimum atomic E-state index is -0.998. The van der Waals surface area contributed by atoms with Crippen LogP contribution >= 0.6 is 0 Å². The van der Waals surface area contributed by atoms with Crippen LogP contribution in [0.25, 0.3) is 6.08 Å². The van der Waals surface area contributed by atoms with E-state index in [0.29, 0.717) is 5.56 Å². The molecule has 6 nitrogen and oxygen atoms in total. The zero-order valence-electron chi connectivity index (χ0n) is 12.4. The van der Waals surface area contributed by atoms with E-state index in [1.165, 1.54) is 18.2 Å². The van der Waals surface area contributed by atoms with Crippen LogP contribution in [0.3, 0.4) is 0 Å². The lowest BCUT2D eigenvalue weighted by atomic mass is 9.92. The largest absolute Gasteiger partial charge is 0.388 e. The third kappa shape index (κ3) is 5.00. The summed E-state index contributed by atoms with van der Waals surface area (Å²) in [5, 5.41) is 23.4. The van der Waals surface area contributed by atoms with Gasteiger partial charge in [0.1, 0.15) is 0 Å². The van der Waals surface area contributed by atoms with Gasteiger partial charge in [-0.2, -0.15) is 0 Å². The van der Waals surface area contributed by atoms with Gasteiger partial charge in [-0.3, -0.25) is 14.9 Å². The molecule has 0 bridgehead atoms. The SMILES string of the molecule is CC(C)[C@](C)(O)CNC(=O)/C=C\c1ccccc1[N+](=O)[O-]. The summed E-state index contributed by atoms with van der Waals surface area (Å²) in [6.45, 7) is 5.47. The minimum absolute atomic E-state index is 0.00279. The van der Waals surface area contributed by atoms with Crippen molar-refractivity contribution >= 4 is 17.7 Å². The Hall–Kier alpha value is -2.21. The van der Waals surface area contributed by atoms with Gasteiger partial charge >= 0.3 is 0 Å². The molecule has 1 aromatic carbocycles. The van der Waals surface area contributed by atoms with Crippen molar-refractivity contribution in [2.45, 2.75) is 26.4 Å². The number of hydrogen-bond donors (Lipinski definition) is 2. The summed E-state index contributed by atoms with van der Waals surface area (Å²) in [4.78, 5) is 22.0. The fraction of sp³-hybridized carbons (Fsp3) is 0.400. The zero-order valence-corrected chi connectivity index (χ0v) is 12.4. The van der Waals surface area contributed by atoms with Crippen LogP contribution in [0.15, 0.2) is 30.3 Å². The molecule has 1 rings (SSSR count). The molecule has 0 radical (unpaired) electrons. The molecule has 1 amide bonds. The number of para-hydroxylation sites is 1. The molecule has 0 unspecified atom stereocenters. The number of amides is 1. The predicted octanol–water partition coefficient (Wildman–Crippen LogP) is 2.13. The third-order valence-electron chi connectivity index (χ3n) is 3.41. The van der Waals surface area contributed by atoms with Crippen molar-refractivity contribution in [2.24, 2.45) is 5.92 Å². The maximum atomic E-state index is 11.7. The molecule has 2 N–H and O–H groups in total. The maximum absolute atomic E-state index is 11.7. The zero-order chi connectivity index (χ0) is 16.0. The summed E-state index contributed by atoms with van der Waals surface area (Å²) < 4.78 is 0. The summed E-state index contributed by atoms with van der Waals surface area (Å²) in [5.74, 6) is -0.411. The van der Waals surface area contributed by atoms with Crippen molar-refractivity contribution in [1.29, 1.82) is 0 Å². The van der Waals surface area contributed by atoms with Crippen LogP contribution in [0.4, 0.5) is 5.69 Å². The molecule has 1 aromatic rings. The lowest BCUT2D eigenvalue weighted by Crippen LogP contribution is -2.43. The lowest BCUT2D eigenvalue weighted by Gasteiger charge is -2.27. The number of carbonyl (C=O) groups excluding carboxylic acids is 1. The smallest absolute Gasteiger partial charge is 0.276 e. The summed E-state index contributed by atoms with van der Waals surface area (Å²) in [5.41, 5.74) is -0.702. The summed E-state index contributed by atoms with van der Waals surface area (Å²) >= 11 is 0. The second-order valence-electron chi connectivity index (χ2n) is 5.38. The van der Waals surface area contributed by atoms with Crippen LogP contribution in [0.1, 0.15) is 26.3 Å². The maximum Gasteiger partial charge on any atom is 0.276 e. The van der Waals surface area contributed by atoms with Gasteiger partial charge in [-0.15, -0.1) is 0 Å². The Morgan fingerprint density at radius 3 is 2.67 bits per heavy atom. The molecule has 0 saturated heterocycles. The number of benzene rings is 1. The highest BCUT2D eigenvalue weighted by Crippen LogP contribution is 2.19. The van der Waals surface area contributed by atoms with E-state index in [-0.39, 0.29) is 18.2 Å².